The van der Waals surface area contributed by atoms with Crippen molar-refractivity contribution in [3.05, 3.63) is 0 Å². The predicted octanol–water partition coefficient (Wildman–Crippen LogP) is -20.7. The van der Waals surface area contributed by atoms with Gasteiger partial charge < -0.3 is 229 Å². The summed E-state index contributed by atoms with van der Waals surface area (Å²) in [6.45, 7) is -9.12. The lowest BCUT2D eigenvalue weighted by Crippen LogP contribution is -2.69. The molecule has 0 aromatic rings. The summed E-state index contributed by atoms with van der Waals surface area (Å²) < 4.78 is 93.1. The predicted molar refractivity (Wildman–Crippen MR) is 322 cm³/mol. The van der Waals surface area contributed by atoms with Gasteiger partial charge in [0.1, 0.15) is 214 Å². The van der Waals surface area contributed by atoms with Crippen molar-refractivity contribution in [1.29, 1.82) is 0 Å². The summed E-state index contributed by atoms with van der Waals surface area (Å²) in [5.74, 6) is -1.76. The molecule has 44 atom stereocenters. The largest absolute Gasteiger partial charge is 0.394 e. The average Bonchev–Trinajstić information content (AvgIpc) is 0.779. The van der Waals surface area contributed by atoms with E-state index in [2.05, 4.69) is 10.6 Å². The van der Waals surface area contributed by atoms with E-state index in [1.807, 2.05) is 0 Å². The van der Waals surface area contributed by atoms with E-state index in [0.717, 1.165) is 13.8 Å². The van der Waals surface area contributed by atoms with Crippen LogP contribution in [0.25, 0.3) is 0 Å². The van der Waals surface area contributed by atoms with Crippen molar-refractivity contribution in [2.24, 2.45) is 0 Å². The van der Waals surface area contributed by atoms with Gasteiger partial charge >= 0.3 is 0 Å². The van der Waals surface area contributed by atoms with Crippen LogP contribution in [0.15, 0.2) is 0 Å². The Balaban J connectivity index is 1.14. The minimum atomic E-state index is -2.51. The molecule has 106 heavy (non-hydrogen) atoms. The van der Waals surface area contributed by atoms with E-state index < -0.39 is 348 Å². The molecule has 8 saturated heterocycles. The van der Waals surface area contributed by atoms with Crippen LogP contribution in [-0.2, 0) is 85.4 Å². The first-order valence-corrected chi connectivity index (χ1v) is 33.6. The number of carbonyl (C=O) groups is 2. The first-order chi connectivity index (χ1) is 50.1. The molecule has 618 valence electrons. The first kappa shape index (κ1) is 88.7. The molecule has 48 heteroatoms. The van der Waals surface area contributed by atoms with Crippen molar-refractivity contribution in [3.8, 4) is 0 Å². The van der Waals surface area contributed by atoms with Crippen molar-refractivity contribution in [1.82, 2.24) is 10.6 Å². The molecule has 0 unspecified atom stereocenters. The van der Waals surface area contributed by atoms with Crippen LogP contribution in [0.3, 0.4) is 0 Å². The van der Waals surface area contributed by atoms with E-state index in [9.17, 15) is 153 Å². The van der Waals surface area contributed by atoms with Crippen LogP contribution in [0.2, 0.25) is 0 Å². The fourth-order valence-electron chi connectivity index (χ4n) is 13.1. The number of hydrogen-bond donors (Lipinski definition) is 30. The number of carbonyl (C=O) groups excluding carboxylic acids is 2. The molecule has 0 aromatic carbocycles. The van der Waals surface area contributed by atoms with Crippen molar-refractivity contribution in [2.75, 3.05) is 66.1 Å². The molecule has 8 rings (SSSR count). The van der Waals surface area contributed by atoms with Crippen LogP contribution in [0.5, 0.6) is 0 Å². The molecule has 30 N–H and O–H groups in total. The normalized spacial score (nSPS) is 48.0. The van der Waals surface area contributed by atoms with E-state index in [-0.39, 0.29) is 0 Å². The fraction of sp³-hybridized carbons (Fsp3) is 0.966. The number of hydrogen-bond acceptors (Lipinski definition) is 46. The smallest absolute Gasteiger partial charge is 0.217 e. The molecule has 8 aliphatic rings. The Labute approximate surface area is 599 Å². The lowest BCUT2D eigenvalue weighted by Gasteiger charge is -2.50. The maximum Gasteiger partial charge on any atom is 0.217 e. The molecule has 48 nitrogen and oxygen atoms in total. The van der Waals surface area contributed by atoms with Crippen LogP contribution in [0, 0.1) is 0 Å². The van der Waals surface area contributed by atoms with Crippen LogP contribution < -0.4 is 10.6 Å². The highest BCUT2D eigenvalue weighted by Crippen LogP contribution is 2.39. The summed E-state index contributed by atoms with van der Waals surface area (Å²) in [5, 5.41) is 310. The van der Waals surface area contributed by atoms with Gasteiger partial charge in [0, 0.05) is 13.8 Å². The summed E-state index contributed by atoms with van der Waals surface area (Å²) in [6, 6.07) is -3.57. The monoisotopic (exact) mass is 1560 g/mol. The molecule has 8 aliphatic heterocycles. The third-order valence-electron chi connectivity index (χ3n) is 19.2. The minimum absolute atomic E-state index is 0.800. The van der Waals surface area contributed by atoms with E-state index in [1.54, 1.807) is 0 Å². The molecule has 8 heterocycles. The Morgan fingerprint density at radius 1 is 0.321 bits per heavy atom. The van der Waals surface area contributed by atoms with Gasteiger partial charge in [-0.2, -0.15) is 0 Å². The zero-order chi connectivity index (χ0) is 78.4. The van der Waals surface area contributed by atoms with Crippen molar-refractivity contribution in [3.63, 3.8) is 0 Å². The molecule has 8 fully saturated rings. The molecular weight excluding hydrogens is 1460 g/mol. The maximum atomic E-state index is 12.8. The van der Waals surface area contributed by atoms with Crippen LogP contribution >= 0.6 is 0 Å². The Kier molecular flexibility index (Phi) is 32.9. The highest BCUT2D eigenvalue weighted by atomic mass is 16.8. The topological polar surface area (TPSA) is 772 Å². The van der Waals surface area contributed by atoms with Crippen molar-refractivity contribution < 1.29 is 228 Å². The number of aliphatic hydroxyl groups excluding tert-OH is 28. The summed E-state index contributed by atoms with van der Waals surface area (Å²) in [4.78, 5) is 24.8. The molecule has 0 bridgehead atoms. The van der Waals surface area contributed by atoms with Crippen LogP contribution in [0.1, 0.15) is 13.8 Å². The fourth-order valence-corrected chi connectivity index (χ4v) is 13.1. The van der Waals surface area contributed by atoms with Gasteiger partial charge in [0.2, 0.25) is 11.8 Å². The number of ether oxygens (including phenoxy) is 16. The average molecular weight is 1560 g/mol. The molecule has 0 saturated carbocycles. The molecule has 2 amide bonds. The second-order valence-corrected chi connectivity index (χ2v) is 26.5. The first-order valence-electron chi connectivity index (χ1n) is 33.6. The van der Waals surface area contributed by atoms with Crippen molar-refractivity contribution in [2.45, 2.75) is 284 Å². The highest BCUT2D eigenvalue weighted by Gasteiger charge is 2.60. The summed E-state index contributed by atoms with van der Waals surface area (Å²) in [5.41, 5.74) is 0. The van der Waals surface area contributed by atoms with Gasteiger partial charge in [0.15, 0.2) is 50.3 Å². The van der Waals surface area contributed by atoms with Gasteiger partial charge in [-0.25, -0.2) is 0 Å². The number of aliphatic hydroxyl groups is 28. The second-order valence-electron chi connectivity index (χ2n) is 26.5. The van der Waals surface area contributed by atoms with Gasteiger partial charge in [-0.05, 0) is 0 Å². The van der Waals surface area contributed by atoms with E-state index >= 15 is 0 Å². The zero-order valence-electron chi connectivity index (χ0n) is 56.3. The van der Waals surface area contributed by atoms with Gasteiger partial charge in [-0.15, -0.1) is 0 Å². The molecule has 0 aliphatic carbocycles. The van der Waals surface area contributed by atoms with Gasteiger partial charge in [0.25, 0.3) is 0 Å². The third kappa shape index (κ3) is 19.7. The Bertz CT molecular complexity index is 2660. The lowest BCUT2D eigenvalue weighted by atomic mass is 9.94. The molecule has 0 radical (unpaired) electrons. The minimum Gasteiger partial charge on any atom is -0.394 e. The Morgan fingerprint density at radius 2 is 0.651 bits per heavy atom. The summed E-state index contributed by atoms with van der Waals surface area (Å²) >= 11 is 0. The summed E-state index contributed by atoms with van der Waals surface area (Å²) in [7, 11) is 0. The molecule has 0 aromatic heterocycles. The van der Waals surface area contributed by atoms with Crippen LogP contribution in [0.4, 0.5) is 0 Å². The Morgan fingerprint density at radius 3 is 1.06 bits per heavy atom. The third-order valence-corrected chi connectivity index (χ3v) is 19.2. The number of rotatable bonds is 31. The maximum absolute atomic E-state index is 12.8. The Hall–Kier alpha value is -2.82. The van der Waals surface area contributed by atoms with Crippen LogP contribution in [-0.4, -0.2) is 491 Å². The SMILES string of the molecule is CC(=O)N[C@H]1[C@H](O[C@@H]([C@H](O)[C@H](CO)NC(C)=O)[C@H](O)CO)O[C@H](CO)[C@@H](O[C@@H]2O[C@H](CO[C@H]3O[C@H](CO[C@H]4O[C@H](CO)[C@@H](O)[C@H](O)[C@@H]4O[C@H]4O[C@H](CO)[C@@H](O)[C@H](O)[C@@H]4O)[C@@H](O)[C@H](O[C@H]4O[C@H](CO)[C@@H](O)[C@H](O)[C@@H]4O[C@H]4O[C@H](CO)[C@@H](O)[C@H](O)[C@@H]4O)[C@@H]3O)[C@@H](O)[C@H](O[C@H]3O[C@H](CO)[C@@H](O)[C@H](O)[C@@H]3O)[C@@H]2O)[C@@H]1O. The quantitative estimate of drug-likeness (QED) is 0.0306. The number of amides is 2. The van der Waals surface area contributed by atoms with Gasteiger partial charge in [-0.3, -0.25) is 9.59 Å². The van der Waals surface area contributed by atoms with Crippen molar-refractivity contribution >= 4 is 11.8 Å². The second kappa shape index (κ2) is 39.3. The molecular formula is C58H100N2O46. The van der Waals surface area contributed by atoms with E-state index in [0.29, 0.717) is 0 Å². The zero-order valence-corrected chi connectivity index (χ0v) is 56.3. The summed E-state index contributed by atoms with van der Waals surface area (Å²) in [6.07, 6.45) is -89.8. The standard InChI is InChI=1S/C58H100N2O46/c1-13(69)59-15(3-61)26(72)45(16(71)4-62)101-51-25(60-14(2)70)34(80)46(22(10-68)98-51)102-56-44(90)48(103-53-40(86)35(81)27(73)17(5-63)93-53)33(79)24(100-56)11-91-52-43(89)47(104-58-50(39(85)31(77)21(9-67)97-58)106-55-42(88)37(83)29(75)19(7-65)95-55)32(78)23(99-52)12-92-57-49(38(84)30(76)20(8-66)96-57)105-54-41(87)36(82)28(74)18(6-64)94-54/h15-58,61-68,71-90H,3-12H2,1-2H3,(H,59,69)(H,60,70)/t15-,16+,17+,18+,19+,20+,21+,22+,23+,24+,25+,26+,27+,28+,29+,30+,31+,32+,33+,34+,35-,36-,37-,38-,39-,40-,41-,42-,43-,44-,45+,46+,47-,48-,49-,50-,51-,52-,53+,54+,55+,56-,57-,58+/m0/s1. The van der Waals surface area contributed by atoms with E-state index in [4.69, 9.17) is 75.8 Å². The van der Waals surface area contributed by atoms with Gasteiger partial charge in [-0.1, -0.05) is 0 Å². The lowest BCUT2D eigenvalue weighted by molar-refractivity contribution is -0.397. The van der Waals surface area contributed by atoms with E-state index in [1.165, 1.54) is 0 Å². The number of nitrogens with one attached hydrogen (secondary N) is 2. The molecule has 0 spiro atoms. The van der Waals surface area contributed by atoms with Gasteiger partial charge in [0.05, 0.1) is 72.1 Å². The highest BCUT2D eigenvalue weighted by molar-refractivity contribution is 5.73.